The fourth-order valence-electron chi connectivity index (χ4n) is 3.33. The Balaban J connectivity index is 1.89. The first-order chi connectivity index (χ1) is 14.6. The zero-order valence-corrected chi connectivity index (χ0v) is 17.1. The van der Waals surface area contributed by atoms with E-state index in [4.69, 9.17) is 15.2 Å². The molecule has 160 valence electrons. The molecule has 0 spiro atoms. The molecule has 0 radical (unpaired) electrons. The lowest BCUT2D eigenvalue weighted by Crippen LogP contribution is -2.14. The largest absolute Gasteiger partial charge is 0.491 e. The summed E-state index contributed by atoms with van der Waals surface area (Å²) in [6.45, 7) is 2.78. The number of ether oxygens (including phenoxy) is 3. The minimum atomic E-state index is -0.716. The van der Waals surface area contributed by atoms with Crippen LogP contribution in [0.3, 0.4) is 0 Å². The number of halogens is 1. The Labute approximate surface area is 174 Å². The molecule has 7 nitrogen and oxygen atoms in total. The number of nitrogens with two attached hydrogens (primary N) is 1. The van der Waals surface area contributed by atoms with E-state index in [1.54, 1.807) is 19.2 Å². The molecule has 2 aromatic carbocycles. The van der Waals surface area contributed by atoms with E-state index in [2.05, 4.69) is 21.5 Å². The van der Waals surface area contributed by atoms with E-state index < -0.39 is 12.8 Å². The van der Waals surface area contributed by atoms with Crippen molar-refractivity contribution in [3.8, 4) is 17.0 Å². The number of nitrogen functional groups attached to an aromatic ring is 1. The fraction of sp³-hybridized carbons (Fsp3) is 0.318. The van der Waals surface area contributed by atoms with Gasteiger partial charge in [0, 0.05) is 36.4 Å². The number of methoxy groups -OCH3 is 1. The van der Waals surface area contributed by atoms with Crippen molar-refractivity contribution in [1.82, 2.24) is 4.57 Å². The summed E-state index contributed by atoms with van der Waals surface area (Å²) in [7, 11) is 1.63. The highest BCUT2D eigenvalue weighted by Gasteiger charge is 2.17. The molecule has 30 heavy (non-hydrogen) atoms. The van der Waals surface area contributed by atoms with Gasteiger partial charge in [-0.2, -0.15) is 0 Å². The van der Waals surface area contributed by atoms with Gasteiger partial charge in [0.25, 0.3) is 0 Å². The van der Waals surface area contributed by atoms with Crippen LogP contribution in [0.2, 0.25) is 0 Å². The van der Waals surface area contributed by atoms with E-state index in [-0.39, 0.29) is 6.61 Å². The molecular formula is C22H26FN3O4. The van der Waals surface area contributed by atoms with Crippen molar-refractivity contribution in [2.45, 2.75) is 13.5 Å². The number of fused-ring (bicyclic) bond motifs is 1. The molecule has 0 bridgehead atoms. The van der Waals surface area contributed by atoms with E-state index in [9.17, 15) is 9.18 Å². The Morgan fingerprint density at radius 3 is 2.57 bits per heavy atom. The molecule has 8 heteroatoms. The Hall–Kier alpha value is -3.26. The summed E-state index contributed by atoms with van der Waals surface area (Å²) < 4.78 is 29.7. The van der Waals surface area contributed by atoms with Crippen molar-refractivity contribution in [2.24, 2.45) is 0 Å². The molecule has 0 aliphatic carbocycles. The molecule has 0 fully saturated rings. The van der Waals surface area contributed by atoms with Gasteiger partial charge in [-0.15, -0.1) is 0 Å². The first-order valence-corrected chi connectivity index (χ1v) is 9.72. The van der Waals surface area contributed by atoms with Crippen LogP contribution in [0.15, 0.2) is 42.5 Å². The van der Waals surface area contributed by atoms with Crippen LogP contribution in [0.4, 0.5) is 20.6 Å². The van der Waals surface area contributed by atoms with E-state index in [1.807, 2.05) is 30.3 Å². The number of aryl methyl sites for hydroxylation is 1. The lowest BCUT2D eigenvalue weighted by molar-refractivity contribution is 0.146. The van der Waals surface area contributed by atoms with Gasteiger partial charge in [-0.05, 0) is 31.2 Å². The Morgan fingerprint density at radius 1 is 1.13 bits per heavy atom. The van der Waals surface area contributed by atoms with Crippen LogP contribution in [0.25, 0.3) is 22.2 Å². The third kappa shape index (κ3) is 4.65. The molecule has 0 aliphatic heterocycles. The number of aromatic nitrogens is 1. The predicted octanol–water partition coefficient (Wildman–Crippen LogP) is 4.45. The second-order valence-electron chi connectivity index (χ2n) is 6.55. The molecule has 0 atom stereocenters. The second-order valence-corrected chi connectivity index (χ2v) is 6.55. The highest BCUT2D eigenvalue weighted by atomic mass is 19.1. The fourth-order valence-corrected chi connectivity index (χ4v) is 3.33. The smallest absolute Gasteiger partial charge is 0.411 e. The van der Waals surface area contributed by atoms with Gasteiger partial charge in [0.2, 0.25) is 0 Å². The number of carbonyl (C=O) groups is 1. The number of benzene rings is 2. The molecule has 0 saturated heterocycles. The highest BCUT2D eigenvalue weighted by molar-refractivity contribution is 6.01. The zero-order valence-electron chi connectivity index (χ0n) is 17.1. The maximum atomic E-state index is 12.1. The summed E-state index contributed by atoms with van der Waals surface area (Å²) in [6.07, 6.45) is -0.691. The number of hydrogen-bond donors (Lipinski definition) is 2. The van der Waals surface area contributed by atoms with Crippen molar-refractivity contribution in [1.29, 1.82) is 0 Å². The van der Waals surface area contributed by atoms with Crippen LogP contribution < -0.4 is 15.8 Å². The van der Waals surface area contributed by atoms with Gasteiger partial charge in [-0.25, -0.2) is 9.18 Å². The molecular weight excluding hydrogens is 389 g/mol. The SMILES string of the molecule is CCn1c(-c2ccc(NC(=O)OCCF)cc2)c(N)c2ccc(OCCOC)cc21. The lowest BCUT2D eigenvalue weighted by Gasteiger charge is -2.11. The van der Waals surface area contributed by atoms with Crippen LogP contribution in [0.1, 0.15) is 6.92 Å². The van der Waals surface area contributed by atoms with Crippen molar-refractivity contribution >= 4 is 28.4 Å². The maximum absolute atomic E-state index is 12.1. The van der Waals surface area contributed by atoms with Gasteiger partial charge < -0.3 is 24.5 Å². The summed E-state index contributed by atoms with van der Waals surface area (Å²) >= 11 is 0. The summed E-state index contributed by atoms with van der Waals surface area (Å²) in [5.74, 6) is 0.754. The Kier molecular flexibility index (Phi) is 7.13. The average molecular weight is 415 g/mol. The number of nitrogens with one attached hydrogen (secondary N) is 1. The molecule has 0 saturated carbocycles. The van der Waals surface area contributed by atoms with E-state index in [1.165, 1.54) is 0 Å². The van der Waals surface area contributed by atoms with Gasteiger partial charge in [-0.1, -0.05) is 12.1 Å². The van der Waals surface area contributed by atoms with Gasteiger partial charge >= 0.3 is 6.09 Å². The summed E-state index contributed by atoms with van der Waals surface area (Å²) in [5, 5.41) is 3.51. The molecule has 3 N–H and O–H groups in total. The number of hydrogen-bond acceptors (Lipinski definition) is 5. The molecule has 3 aromatic rings. The van der Waals surface area contributed by atoms with Crippen LogP contribution in [-0.2, 0) is 16.0 Å². The van der Waals surface area contributed by atoms with Crippen LogP contribution >= 0.6 is 0 Å². The van der Waals surface area contributed by atoms with Crippen LogP contribution in [0.5, 0.6) is 5.75 Å². The maximum Gasteiger partial charge on any atom is 0.411 e. The molecule has 3 rings (SSSR count). The minimum Gasteiger partial charge on any atom is -0.491 e. The van der Waals surface area contributed by atoms with Crippen molar-refractivity contribution in [3.63, 3.8) is 0 Å². The standard InChI is InChI=1S/C22H26FN3O4/c1-3-26-19-14-17(29-13-12-28-2)8-9-18(19)20(24)21(26)15-4-6-16(7-5-15)25-22(27)30-11-10-23/h4-9,14H,3,10-13,24H2,1-2H3,(H,25,27). The molecule has 1 aromatic heterocycles. The number of rotatable bonds is 9. The van der Waals surface area contributed by atoms with Gasteiger partial charge in [0.15, 0.2) is 0 Å². The van der Waals surface area contributed by atoms with Gasteiger partial charge in [-0.3, -0.25) is 5.32 Å². The van der Waals surface area contributed by atoms with Crippen LogP contribution in [0, 0.1) is 0 Å². The number of amides is 1. The second kappa shape index (κ2) is 9.98. The third-order valence-corrected chi connectivity index (χ3v) is 4.66. The number of anilines is 2. The zero-order chi connectivity index (χ0) is 21.5. The van der Waals surface area contributed by atoms with Gasteiger partial charge in [0.05, 0.1) is 23.5 Å². The summed E-state index contributed by atoms with van der Waals surface area (Å²) in [5.41, 5.74) is 10.5. The first kappa shape index (κ1) is 21.4. The van der Waals surface area contributed by atoms with E-state index in [0.29, 0.717) is 24.6 Å². The predicted molar refractivity (Wildman–Crippen MR) is 116 cm³/mol. The number of nitrogens with zero attached hydrogens (tertiary/aromatic N) is 1. The Bertz CT molecular complexity index is 1000. The monoisotopic (exact) mass is 415 g/mol. The van der Waals surface area contributed by atoms with Crippen LogP contribution in [-0.4, -0.2) is 44.3 Å². The van der Waals surface area contributed by atoms with Crippen molar-refractivity contribution < 1.29 is 23.4 Å². The number of alkyl halides is 1. The minimum absolute atomic E-state index is 0.270. The topological polar surface area (TPSA) is 87.7 Å². The number of carbonyl (C=O) groups excluding carboxylic acids is 1. The third-order valence-electron chi connectivity index (χ3n) is 4.66. The molecule has 0 unspecified atom stereocenters. The summed E-state index contributed by atoms with van der Waals surface area (Å²) in [6, 6.07) is 13.1. The van der Waals surface area contributed by atoms with Crippen molar-refractivity contribution in [2.75, 3.05) is 44.7 Å². The lowest BCUT2D eigenvalue weighted by atomic mass is 10.1. The van der Waals surface area contributed by atoms with E-state index in [0.717, 1.165) is 34.5 Å². The highest BCUT2D eigenvalue weighted by Crippen LogP contribution is 2.38. The summed E-state index contributed by atoms with van der Waals surface area (Å²) in [4.78, 5) is 11.6. The molecule has 1 amide bonds. The van der Waals surface area contributed by atoms with Crippen molar-refractivity contribution in [3.05, 3.63) is 42.5 Å². The average Bonchev–Trinajstić information content (AvgIpc) is 3.04. The molecule has 1 heterocycles. The quantitative estimate of drug-likeness (QED) is 0.504. The molecule has 0 aliphatic rings. The Morgan fingerprint density at radius 2 is 1.90 bits per heavy atom. The normalized spacial score (nSPS) is 10.9. The van der Waals surface area contributed by atoms with E-state index >= 15 is 0 Å². The van der Waals surface area contributed by atoms with Gasteiger partial charge in [0.1, 0.15) is 25.6 Å². The first-order valence-electron chi connectivity index (χ1n) is 9.72.